The first-order chi connectivity index (χ1) is 8.26. The lowest BCUT2D eigenvalue weighted by Crippen LogP contribution is -2.24. The first-order valence-corrected chi connectivity index (χ1v) is 7.04. The lowest BCUT2D eigenvalue weighted by atomic mass is 9.97. The van der Waals surface area contributed by atoms with E-state index in [1.807, 2.05) is 0 Å². The minimum Gasteiger partial charge on any atom is -0.330 e. The van der Waals surface area contributed by atoms with Crippen molar-refractivity contribution < 1.29 is 0 Å². The Morgan fingerprint density at radius 1 is 1.53 bits per heavy atom. The summed E-state index contributed by atoms with van der Waals surface area (Å²) in [5, 5.41) is 3.55. The van der Waals surface area contributed by atoms with E-state index in [2.05, 4.69) is 37.4 Å². The highest BCUT2D eigenvalue weighted by molar-refractivity contribution is 5.25. The second kappa shape index (κ2) is 8.48. The van der Waals surface area contributed by atoms with Gasteiger partial charge >= 0.3 is 0 Å². The van der Waals surface area contributed by atoms with Crippen LogP contribution in [0.2, 0.25) is 0 Å². The number of nitrogens with one attached hydrogen (secondary N) is 1. The van der Waals surface area contributed by atoms with Crippen LogP contribution in [-0.2, 0) is 0 Å². The summed E-state index contributed by atoms with van der Waals surface area (Å²) in [5.74, 6) is 1.35. The maximum Gasteiger partial charge on any atom is 0.0202 e. The van der Waals surface area contributed by atoms with Gasteiger partial charge in [0.05, 0.1) is 0 Å². The number of hydrogen-bond donors (Lipinski definition) is 2. The van der Waals surface area contributed by atoms with E-state index in [0.717, 1.165) is 32.0 Å². The number of hydrogen-bond acceptors (Lipinski definition) is 2. The van der Waals surface area contributed by atoms with Crippen LogP contribution in [-0.4, -0.2) is 19.6 Å². The Labute approximate surface area is 106 Å². The quantitative estimate of drug-likeness (QED) is 0.680. The van der Waals surface area contributed by atoms with Gasteiger partial charge in [0, 0.05) is 6.54 Å². The van der Waals surface area contributed by atoms with E-state index in [9.17, 15) is 0 Å². The van der Waals surface area contributed by atoms with Gasteiger partial charge in [-0.2, -0.15) is 0 Å². The molecule has 0 fully saturated rings. The van der Waals surface area contributed by atoms with E-state index in [4.69, 9.17) is 5.73 Å². The number of unbranched alkanes of at least 4 members (excludes halogenated alkanes) is 1. The van der Waals surface area contributed by atoms with Crippen molar-refractivity contribution >= 4 is 0 Å². The summed E-state index contributed by atoms with van der Waals surface area (Å²) in [7, 11) is 0. The summed E-state index contributed by atoms with van der Waals surface area (Å²) < 4.78 is 0. The van der Waals surface area contributed by atoms with Crippen LogP contribution in [0.5, 0.6) is 0 Å². The number of rotatable bonds is 8. The van der Waals surface area contributed by atoms with Crippen LogP contribution in [0.25, 0.3) is 0 Å². The van der Waals surface area contributed by atoms with E-state index in [1.165, 1.54) is 24.8 Å². The molecule has 2 nitrogen and oxygen atoms in total. The summed E-state index contributed by atoms with van der Waals surface area (Å²) in [6.07, 6.45) is 11.9. The van der Waals surface area contributed by atoms with Crippen LogP contribution in [0, 0.1) is 11.8 Å². The monoisotopic (exact) mass is 236 g/mol. The van der Waals surface area contributed by atoms with Crippen LogP contribution in [0.3, 0.4) is 0 Å². The normalized spacial score (nSPS) is 21.4. The van der Waals surface area contributed by atoms with Gasteiger partial charge in [-0.05, 0) is 43.3 Å². The number of allylic oxidation sites excluding steroid dienone is 1. The lowest BCUT2D eigenvalue weighted by molar-refractivity contribution is 0.473. The van der Waals surface area contributed by atoms with Crippen LogP contribution >= 0.6 is 0 Å². The topological polar surface area (TPSA) is 38.0 Å². The Hall–Kier alpha value is -0.600. The predicted molar refractivity (Wildman–Crippen MR) is 75.9 cm³/mol. The third-order valence-corrected chi connectivity index (χ3v) is 3.44. The van der Waals surface area contributed by atoms with Gasteiger partial charge in [0.1, 0.15) is 0 Å². The molecule has 98 valence electrons. The van der Waals surface area contributed by atoms with Crippen LogP contribution in [0.15, 0.2) is 23.8 Å². The third-order valence-electron chi connectivity index (χ3n) is 3.44. The van der Waals surface area contributed by atoms with Gasteiger partial charge in [-0.15, -0.1) is 0 Å². The van der Waals surface area contributed by atoms with Crippen molar-refractivity contribution in [1.82, 2.24) is 5.32 Å². The maximum atomic E-state index is 5.64. The zero-order chi connectivity index (χ0) is 12.5. The Morgan fingerprint density at radius 2 is 2.35 bits per heavy atom. The fourth-order valence-electron chi connectivity index (χ4n) is 2.13. The molecule has 0 saturated carbocycles. The Bertz CT molecular complexity index is 256. The van der Waals surface area contributed by atoms with Crippen molar-refractivity contribution in [2.75, 3.05) is 19.6 Å². The van der Waals surface area contributed by atoms with Crippen molar-refractivity contribution in [2.24, 2.45) is 17.6 Å². The molecule has 1 aliphatic rings. The first kappa shape index (κ1) is 14.5. The van der Waals surface area contributed by atoms with Crippen molar-refractivity contribution in [3.63, 3.8) is 0 Å². The molecule has 0 bridgehead atoms. The molecule has 1 rings (SSSR count). The average Bonchev–Trinajstić information content (AvgIpc) is 2.37. The van der Waals surface area contributed by atoms with Gasteiger partial charge in [-0.3, -0.25) is 0 Å². The van der Waals surface area contributed by atoms with Crippen LogP contribution < -0.4 is 11.1 Å². The fourth-order valence-corrected chi connectivity index (χ4v) is 2.13. The highest BCUT2D eigenvalue weighted by atomic mass is 14.9. The SMILES string of the molecule is CCCC[C@H](C)CNCC1=CCC(CN)C=C1. The van der Waals surface area contributed by atoms with E-state index in [1.54, 1.807) is 0 Å². The van der Waals surface area contributed by atoms with Gasteiger partial charge in [0.15, 0.2) is 0 Å². The Morgan fingerprint density at radius 3 is 2.94 bits per heavy atom. The van der Waals surface area contributed by atoms with Gasteiger partial charge < -0.3 is 11.1 Å². The zero-order valence-electron chi connectivity index (χ0n) is 11.4. The zero-order valence-corrected chi connectivity index (χ0v) is 11.4. The van der Waals surface area contributed by atoms with Crippen molar-refractivity contribution in [2.45, 2.75) is 39.5 Å². The smallest absolute Gasteiger partial charge is 0.0202 e. The van der Waals surface area contributed by atoms with E-state index >= 15 is 0 Å². The summed E-state index contributed by atoms with van der Waals surface area (Å²) in [5.41, 5.74) is 7.05. The fraction of sp³-hybridized carbons (Fsp3) is 0.733. The number of nitrogens with two attached hydrogens (primary N) is 1. The molecule has 0 aromatic rings. The Kier molecular flexibility index (Phi) is 7.22. The second-order valence-corrected chi connectivity index (χ2v) is 5.25. The highest BCUT2D eigenvalue weighted by Crippen LogP contribution is 2.14. The molecule has 0 aliphatic heterocycles. The molecule has 0 heterocycles. The minimum absolute atomic E-state index is 0.558. The van der Waals surface area contributed by atoms with Crippen LogP contribution in [0.4, 0.5) is 0 Å². The molecule has 0 radical (unpaired) electrons. The van der Waals surface area contributed by atoms with Crippen molar-refractivity contribution in [3.8, 4) is 0 Å². The molecule has 0 saturated heterocycles. The lowest BCUT2D eigenvalue weighted by Gasteiger charge is -2.16. The summed E-state index contributed by atoms with van der Waals surface area (Å²) >= 11 is 0. The summed E-state index contributed by atoms with van der Waals surface area (Å²) in [4.78, 5) is 0. The Balaban J connectivity index is 2.11. The standard InChI is InChI=1S/C15H28N2/c1-3-4-5-13(2)11-17-12-15-8-6-14(10-16)7-9-15/h6,8-9,13-14,17H,3-5,7,10-12,16H2,1-2H3/t13-,14?/m0/s1. The van der Waals surface area contributed by atoms with Gasteiger partial charge in [0.2, 0.25) is 0 Å². The summed E-state index contributed by atoms with van der Waals surface area (Å²) in [6.45, 7) is 7.49. The molecule has 2 atom stereocenters. The largest absolute Gasteiger partial charge is 0.330 e. The molecule has 1 aliphatic carbocycles. The van der Waals surface area contributed by atoms with Crippen molar-refractivity contribution in [3.05, 3.63) is 23.8 Å². The van der Waals surface area contributed by atoms with Gasteiger partial charge in [-0.25, -0.2) is 0 Å². The van der Waals surface area contributed by atoms with E-state index < -0.39 is 0 Å². The molecule has 2 heteroatoms. The molecule has 1 unspecified atom stereocenters. The maximum absolute atomic E-state index is 5.64. The third kappa shape index (κ3) is 6.04. The highest BCUT2D eigenvalue weighted by Gasteiger charge is 2.07. The van der Waals surface area contributed by atoms with Crippen LogP contribution in [0.1, 0.15) is 39.5 Å². The predicted octanol–water partition coefficient (Wildman–Crippen LogP) is 2.86. The molecule has 17 heavy (non-hydrogen) atoms. The molecular formula is C15H28N2. The van der Waals surface area contributed by atoms with E-state index in [-0.39, 0.29) is 0 Å². The molecule has 0 aromatic heterocycles. The molecular weight excluding hydrogens is 208 g/mol. The van der Waals surface area contributed by atoms with Gasteiger partial charge in [-0.1, -0.05) is 44.9 Å². The molecule has 3 N–H and O–H groups in total. The van der Waals surface area contributed by atoms with E-state index in [0.29, 0.717) is 5.92 Å². The molecule has 0 amide bonds. The summed E-state index contributed by atoms with van der Waals surface area (Å²) in [6, 6.07) is 0. The van der Waals surface area contributed by atoms with Gasteiger partial charge in [0.25, 0.3) is 0 Å². The first-order valence-electron chi connectivity index (χ1n) is 7.04. The minimum atomic E-state index is 0.558. The molecule has 0 spiro atoms. The molecule has 0 aromatic carbocycles. The second-order valence-electron chi connectivity index (χ2n) is 5.25. The van der Waals surface area contributed by atoms with Crippen molar-refractivity contribution in [1.29, 1.82) is 0 Å². The average molecular weight is 236 g/mol.